The van der Waals surface area contributed by atoms with Gasteiger partial charge in [0.2, 0.25) is 5.91 Å². The van der Waals surface area contributed by atoms with Crippen LogP contribution in [0.4, 0.5) is 5.82 Å². The zero-order valence-electron chi connectivity index (χ0n) is 19.0. The number of anilines is 1. The van der Waals surface area contributed by atoms with Gasteiger partial charge in [-0.3, -0.25) is 9.20 Å². The second-order valence-electron chi connectivity index (χ2n) is 8.48. The van der Waals surface area contributed by atoms with Gasteiger partial charge in [0.15, 0.2) is 0 Å². The first-order valence-electron chi connectivity index (χ1n) is 11.3. The van der Waals surface area contributed by atoms with Crippen LogP contribution < -0.4 is 4.90 Å². The minimum absolute atomic E-state index is 0.0209. The van der Waals surface area contributed by atoms with Crippen molar-refractivity contribution in [1.29, 1.82) is 0 Å². The molecule has 1 aromatic carbocycles. The van der Waals surface area contributed by atoms with Crippen LogP contribution in [0.1, 0.15) is 16.8 Å². The van der Waals surface area contributed by atoms with Gasteiger partial charge in [-0.05, 0) is 49.8 Å². The lowest BCUT2D eigenvalue weighted by Gasteiger charge is -2.34. The number of hydrogen-bond donors (Lipinski definition) is 0. The first-order chi connectivity index (χ1) is 16.1. The lowest BCUT2D eigenvalue weighted by Crippen LogP contribution is -2.48. The number of carbonyl (C=O) groups excluding carboxylic acids is 1. The number of aromatic nitrogens is 3. The van der Waals surface area contributed by atoms with Crippen molar-refractivity contribution in [3.8, 4) is 11.3 Å². The number of aryl methyl sites for hydroxylation is 2. The molecular formula is C27H27N5O. The summed E-state index contributed by atoms with van der Waals surface area (Å²) in [4.78, 5) is 26.4. The van der Waals surface area contributed by atoms with E-state index in [1.807, 2.05) is 39.8 Å². The average molecular weight is 438 g/mol. The monoisotopic (exact) mass is 437 g/mol. The maximum Gasteiger partial charge on any atom is 0.246 e. The highest BCUT2D eigenvalue weighted by Gasteiger charge is 2.21. The van der Waals surface area contributed by atoms with Crippen LogP contribution in [0.5, 0.6) is 0 Å². The summed E-state index contributed by atoms with van der Waals surface area (Å²) in [6.45, 7) is 7.04. The highest BCUT2D eigenvalue weighted by Crippen LogP contribution is 2.26. The summed E-state index contributed by atoms with van der Waals surface area (Å²) in [5.41, 5.74) is 6.06. The fraction of sp³-hybridized carbons (Fsp3) is 0.222. The molecule has 166 valence electrons. The molecule has 6 heteroatoms. The molecule has 1 aliphatic heterocycles. The lowest BCUT2D eigenvalue weighted by molar-refractivity contribution is -0.126. The number of carbonyl (C=O) groups is 1. The molecule has 0 saturated carbocycles. The molecular weight excluding hydrogens is 410 g/mol. The molecule has 1 amide bonds. The summed E-state index contributed by atoms with van der Waals surface area (Å²) in [5.74, 6) is 0.983. The molecule has 0 aliphatic carbocycles. The van der Waals surface area contributed by atoms with E-state index in [1.54, 1.807) is 12.3 Å². The normalized spacial score (nSPS) is 14.4. The minimum atomic E-state index is 0.0209. The van der Waals surface area contributed by atoms with Gasteiger partial charge in [-0.15, -0.1) is 0 Å². The van der Waals surface area contributed by atoms with E-state index in [2.05, 4.69) is 60.1 Å². The fourth-order valence-corrected chi connectivity index (χ4v) is 4.20. The number of amides is 1. The Kier molecular flexibility index (Phi) is 5.65. The molecule has 0 bridgehead atoms. The second-order valence-corrected chi connectivity index (χ2v) is 8.48. The van der Waals surface area contributed by atoms with Crippen LogP contribution in [0, 0.1) is 13.8 Å². The van der Waals surface area contributed by atoms with Gasteiger partial charge in [-0.2, -0.15) is 0 Å². The highest BCUT2D eigenvalue weighted by molar-refractivity contribution is 5.93. The molecule has 0 radical (unpaired) electrons. The van der Waals surface area contributed by atoms with Crippen LogP contribution in [0.15, 0.2) is 73.1 Å². The second kappa shape index (κ2) is 8.90. The molecule has 0 atom stereocenters. The molecule has 0 N–H and O–H groups in total. The lowest BCUT2D eigenvalue weighted by atomic mass is 10.1. The van der Waals surface area contributed by atoms with Gasteiger partial charge < -0.3 is 9.80 Å². The van der Waals surface area contributed by atoms with E-state index in [9.17, 15) is 4.79 Å². The topological polar surface area (TPSA) is 53.7 Å². The Labute approximate surface area is 193 Å². The molecule has 33 heavy (non-hydrogen) atoms. The summed E-state index contributed by atoms with van der Waals surface area (Å²) in [5, 5.41) is 0. The molecule has 3 aromatic heterocycles. The number of fused-ring (bicyclic) bond motifs is 1. The van der Waals surface area contributed by atoms with Crippen LogP contribution in [0.2, 0.25) is 0 Å². The zero-order valence-corrected chi connectivity index (χ0v) is 19.0. The number of nitrogens with zero attached hydrogens (tertiary/aromatic N) is 5. The molecule has 5 rings (SSSR count). The standard InChI is InChI=1S/C27H27N5O/c1-20-6-8-22(9-7-20)27-23(32-14-12-21(2)19-25(32)29-27)10-11-26(33)31-17-15-30(16-18-31)24-5-3-4-13-28-24/h3-14,19H,15-18H2,1-2H3/b11-10+. The van der Waals surface area contributed by atoms with Crippen LogP contribution in [0.3, 0.4) is 0 Å². The first-order valence-corrected chi connectivity index (χ1v) is 11.3. The maximum atomic E-state index is 13.0. The van der Waals surface area contributed by atoms with E-state index in [4.69, 9.17) is 4.98 Å². The van der Waals surface area contributed by atoms with Gasteiger partial charge in [0.25, 0.3) is 0 Å². The zero-order chi connectivity index (χ0) is 22.8. The van der Waals surface area contributed by atoms with Crippen LogP contribution in [-0.2, 0) is 4.79 Å². The number of pyridine rings is 2. The van der Waals surface area contributed by atoms with Crippen molar-refractivity contribution >= 4 is 23.4 Å². The Hall–Kier alpha value is -3.93. The smallest absolute Gasteiger partial charge is 0.246 e. The summed E-state index contributed by atoms with van der Waals surface area (Å²) in [7, 11) is 0. The van der Waals surface area contributed by atoms with E-state index in [0.717, 1.165) is 47.1 Å². The van der Waals surface area contributed by atoms with Crippen molar-refractivity contribution in [3.63, 3.8) is 0 Å². The number of piperazine rings is 1. The summed E-state index contributed by atoms with van der Waals surface area (Å²) >= 11 is 0. The molecule has 1 fully saturated rings. The van der Waals surface area contributed by atoms with E-state index in [-0.39, 0.29) is 5.91 Å². The van der Waals surface area contributed by atoms with Crippen molar-refractivity contribution in [3.05, 3.63) is 89.9 Å². The van der Waals surface area contributed by atoms with Crippen LogP contribution in [0.25, 0.3) is 23.0 Å². The van der Waals surface area contributed by atoms with Crippen molar-refractivity contribution in [2.45, 2.75) is 13.8 Å². The minimum Gasteiger partial charge on any atom is -0.353 e. The molecule has 0 spiro atoms. The van der Waals surface area contributed by atoms with E-state index in [1.165, 1.54) is 5.56 Å². The van der Waals surface area contributed by atoms with Crippen molar-refractivity contribution < 1.29 is 4.79 Å². The third-order valence-corrected chi connectivity index (χ3v) is 6.09. The Morgan fingerprint density at radius 3 is 2.45 bits per heavy atom. The van der Waals surface area contributed by atoms with Crippen molar-refractivity contribution in [2.24, 2.45) is 0 Å². The Morgan fingerprint density at radius 2 is 1.73 bits per heavy atom. The summed E-state index contributed by atoms with van der Waals surface area (Å²) in [6, 6.07) is 18.4. The van der Waals surface area contributed by atoms with Gasteiger partial charge in [0.05, 0.1) is 11.4 Å². The van der Waals surface area contributed by atoms with E-state index >= 15 is 0 Å². The maximum absolute atomic E-state index is 13.0. The summed E-state index contributed by atoms with van der Waals surface area (Å²) in [6.07, 6.45) is 7.40. The first kappa shape index (κ1) is 20.9. The number of hydrogen-bond acceptors (Lipinski definition) is 4. The molecule has 1 aliphatic rings. The third kappa shape index (κ3) is 4.37. The van der Waals surface area contributed by atoms with Gasteiger partial charge in [-0.25, -0.2) is 9.97 Å². The predicted molar refractivity (Wildman–Crippen MR) is 132 cm³/mol. The van der Waals surface area contributed by atoms with Gasteiger partial charge in [-0.1, -0.05) is 35.9 Å². The SMILES string of the molecule is Cc1ccc(-c2nc3cc(C)ccn3c2/C=C/C(=O)N2CCN(c3ccccn3)CC2)cc1. The predicted octanol–water partition coefficient (Wildman–Crippen LogP) is 4.38. The Balaban J connectivity index is 1.38. The summed E-state index contributed by atoms with van der Waals surface area (Å²) < 4.78 is 2.05. The van der Waals surface area contributed by atoms with Gasteiger partial charge in [0, 0.05) is 50.2 Å². The van der Waals surface area contributed by atoms with Gasteiger partial charge in [0.1, 0.15) is 11.5 Å². The molecule has 4 heterocycles. The fourth-order valence-electron chi connectivity index (χ4n) is 4.20. The molecule has 0 unspecified atom stereocenters. The largest absolute Gasteiger partial charge is 0.353 e. The van der Waals surface area contributed by atoms with E-state index < -0.39 is 0 Å². The Morgan fingerprint density at radius 1 is 0.939 bits per heavy atom. The Bertz CT molecular complexity index is 1300. The number of imidazole rings is 1. The van der Waals surface area contributed by atoms with Crippen LogP contribution in [-0.4, -0.2) is 51.4 Å². The molecule has 6 nitrogen and oxygen atoms in total. The number of benzene rings is 1. The van der Waals surface area contributed by atoms with Crippen molar-refractivity contribution in [1.82, 2.24) is 19.3 Å². The quantitative estimate of drug-likeness (QED) is 0.445. The van der Waals surface area contributed by atoms with Gasteiger partial charge >= 0.3 is 0 Å². The third-order valence-electron chi connectivity index (χ3n) is 6.09. The molecule has 1 saturated heterocycles. The number of rotatable bonds is 4. The van der Waals surface area contributed by atoms with Crippen molar-refractivity contribution in [2.75, 3.05) is 31.1 Å². The van der Waals surface area contributed by atoms with Crippen LogP contribution >= 0.6 is 0 Å². The highest BCUT2D eigenvalue weighted by atomic mass is 16.2. The van der Waals surface area contributed by atoms with E-state index in [0.29, 0.717) is 13.1 Å². The molecule has 4 aromatic rings. The average Bonchev–Trinajstić information content (AvgIpc) is 3.21.